The Morgan fingerprint density at radius 1 is 1.10 bits per heavy atom. The number of anilines is 2. The van der Waals surface area contributed by atoms with Crippen LogP contribution in [0, 0.1) is 6.92 Å². The van der Waals surface area contributed by atoms with Crippen LogP contribution in [-0.4, -0.2) is 28.1 Å². The Balaban J connectivity index is 1.66. The summed E-state index contributed by atoms with van der Waals surface area (Å²) in [6, 6.07) is 15.7. The quantitative estimate of drug-likeness (QED) is 0.707. The number of nitrogens with zero attached hydrogens (tertiary/aromatic N) is 3. The van der Waals surface area contributed by atoms with Crippen LogP contribution in [0.4, 0.5) is 11.4 Å². The van der Waals surface area contributed by atoms with E-state index in [9.17, 15) is 14.4 Å². The first-order valence-corrected chi connectivity index (χ1v) is 10.2. The van der Waals surface area contributed by atoms with Gasteiger partial charge in [-0.25, -0.2) is 4.68 Å². The van der Waals surface area contributed by atoms with E-state index in [1.54, 1.807) is 17.9 Å². The number of nitrogens with one attached hydrogen (secondary N) is 1. The van der Waals surface area contributed by atoms with Gasteiger partial charge in [0.05, 0.1) is 5.69 Å². The summed E-state index contributed by atoms with van der Waals surface area (Å²) in [4.78, 5) is 39.0. The maximum atomic E-state index is 13.2. The fraction of sp³-hybridized carbons (Fsp3) is 0.250. The van der Waals surface area contributed by atoms with E-state index in [2.05, 4.69) is 10.4 Å². The molecule has 0 saturated heterocycles. The molecule has 31 heavy (non-hydrogen) atoms. The van der Waals surface area contributed by atoms with Crippen molar-refractivity contribution in [2.24, 2.45) is 0 Å². The second kappa shape index (κ2) is 8.18. The smallest absolute Gasteiger partial charge is 0.267 e. The van der Waals surface area contributed by atoms with Crippen molar-refractivity contribution in [2.75, 3.05) is 16.8 Å². The maximum Gasteiger partial charge on any atom is 0.267 e. The molecule has 0 radical (unpaired) electrons. The molecule has 2 aromatic carbocycles. The van der Waals surface area contributed by atoms with Crippen LogP contribution < -0.4 is 15.8 Å². The van der Waals surface area contributed by atoms with Crippen LogP contribution in [-0.2, 0) is 16.0 Å². The topological polar surface area (TPSA) is 84.3 Å². The zero-order valence-electron chi connectivity index (χ0n) is 17.8. The molecule has 0 aliphatic carbocycles. The number of hydrogen-bond donors (Lipinski definition) is 1. The van der Waals surface area contributed by atoms with Crippen molar-refractivity contribution in [2.45, 2.75) is 33.2 Å². The third-order valence-corrected chi connectivity index (χ3v) is 5.55. The van der Waals surface area contributed by atoms with Gasteiger partial charge in [0.15, 0.2) is 0 Å². The molecular formula is C24H24N4O3. The molecule has 7 nitrogen and oxygen atoms in total. The van der Waals surface area contributed by atoms with Crippen molar-refractivity contribution >= 4 is 23.2 Å². The van der Waals surface area contributed by atoms with Gasteiger partial charge in [0.1, 0.15) is 6.04 Å². The van der Waals surface area contributed by atoms with Gasteiger partial charge in [-0.1, -0.05) is 30.3 Å². The first kappa shape index (κ1) is 20.5. The highest BCUT2D eigenvalue weighted by atomic mass is 16.2. The second-order valence-corrected chi connectivity index (χ2v) is 7.76. The van der Waals surface area contributed by atoms with E-state index in [1.807, 2.05) is 49.4 Å². The summed E-state index contributed by atoms with van der Waals surface area (Å²) < 4.78 is 1.23. The Kier molecular flexibility index (Phi) is 5.42. The van der Waals surface area contributed by atoms with Gasteiger partial charge < -0.3 is 10.2 Å². The minimum Gasteiger partial charge on any atom is -0.326 e. The second-order valence-electron chi connectivity index (χ2n) is 7.76. The first-order chi connectivity index (χ1) is 14.8. The Morgan fingerprint density at radius 3 is 2.65 bits per heavy atom. The zero-order valence-corrected chi connectivity index (χ0v) is 17.8. The van der Waals surface area contributed by atoms with Crippen LogP contribution >= 0.6 is 0 Å². The van der Waals surface area contributed by atoms with E-state index in [1.165, 1.54) is 17.7 Å². The minimum atomic E-state index is -0.751. The predicted molar refractivity (Wildman–Crippen MR) is 120 cm³/mol. The summed E-state index contributed by atoms with van der Waals surface area (Å²) in [6.45, 7) is 5.64. The molecule has 7 heteroatoms. The molecular weight excluding hydrogens is 392 g/mol. The van der Waals surface area contributed by atoms with Gasteiger partial charge in [-0.15, -0.1) is 0 Å². The number of hydrogen-bond acceptors (Lipinski definition) is 4. The molecule has 158 valence electrons. The Bertz CT molecular complexity index is 1230. The summed E-state index contributed by atoms with van der Waals surface area (Å²) in [5.41, 5.74) is 4.57. The van der Waals surface area contributed by atoms with Crippen molar-refractivity contribution in [1.82, 2.24) is 9.78 Å². The summed E-state index contributed by atoms with van der Waals surface area (Å²) in [5.74, 6) is -0.331. The minimum absolute atomic E-state index is 0.164. The number of amides is 2. The van der Waals surface area contributed by atoms with Crippen LogP contribution in [0.3, 0.4) is 0 Å². The van der Waals surface area contributed by atoms with Crippen molar-refractivity contribution in [3.05, 3.63) is 76.1 Å². The Labute approximate surface area is 180 Å². The van der Waals surface area contributed by atoms with Crippen LogP contribution in [0.1, 0.15) is 31.0 Å². The van der Waals surface area contributed by atoms with Gasteiger partial charge in [-0.3, -0.25) is 14.4 Å². The van der Waals surface area contributed by atoms with Gasteiger partial charge in [0.2, 0.25) is 5.91 Å². The number of rotatable bonds is 4. The molecule has 2 amide bonds. The number of para-hydroxylation sites is 1. The monoisotopic (exact) mass is 416 g/mol. The molecule has 0 bridgehead atoms. The first-order valence-electron chi connectivity index (χ1n) is 10.2. The molecule has 0 fully saturated rings. The number of carbonyl (C=O) groups is 2. The normalized spacial score (nSPS) is 13.6. The fourth-order valence-electron chi connectivity index (χ4n) is 3.86. The molecule has 1 aromatic heterocycles. The molecule has 1 atom stereocenters. The highest BCUT2D eigenvalue weighted by molar-refractivity contribution is 5.97. The molecule has 3 aromatic rings. The van der Waals surface area contributed by atoms with Crippen LogP contribution in [0.2, 0.25) is 0 Å². The molecule has 0 spiro atoms. The number of carbonyl (C=O) groups excluding carboxylic acids is 2. The largest absolute Gasteiger partial charge is 0.326 e. The lowest BCUT2D eigenvalue weighted by atomic mass is 10.1. The van der Waals surface area contributed by atoms with E-state index in [-0.39, 0.29) is 17.4 Å². The number of aryl methyl sites for hydroxylation is 1. The average molecular weight is 416 g/mol. The van der Waals surface area contributed by atoms with Gasteiger partial charge in [0.25, 0.3) is 11.5 Å². The Morgan fingerprint density at radius 2 is 1.87 bits per heavy atom. The van der Waals surface area contributed by atoms with E-state index < -0.39 is 6.04 Å². The summed E-state index contributed by atoms with van der Waals surface area (Å²) in [7, 11) is 0. The third kappa shape index (κ3) is 3.99. The lowest BCUT2D eigenvalue weighted by Gasteiger charge is -2.22. The highest BCUT2D eigenvalue weighted by Gasteiger charge is 2.29. The lowest BCUT2D eigenvalue weighted by molar-refractivity contribution is -0.121. The Hall–Kier alpha value is -3.74. The van der Waals surface area contributed by atoms with E-state index in [4.69, 9.17) is 0 Å². The van der Waals surface area contributed by atoms with Crippen LogP contribution in [0.25, 0.3) is 11.3 Å². The molecule has 0 saturated carbocycles. The summed E-state index contributed by atoms with van der Waals surface area (Å²) in [5, 5.41) is 7.29. The molecule has 1 N–H and O–H groups in total. The number of fused-ring (bicyclic) bond motifs is 1. The van der Waals surface area contributed by atoms with Gasteiger partial charge in [-0.2, -0.15) is 5.10 Å². The maximum absolute atomic E-state index is 13.2. The third-order valence-electron chi connectivity index (χ3n) is 5.55. The van der Waals surface area contributed by atoms with Crippen LogP contribution in [0.5, 0.6) is 0 Å². The van der Waals surface area contributed by atoms with Crippen molar-refractivity contribution < 1.29 is 9.59 Å². The van der Waals surface area contributed by atoms with E-state index in [0.717, 1.165) is 28.8 Å². The fourth-order valence-corrected chi connectivity index (χ4v) is 3.86. The van der Waals surface area contributed by atoms with Crippen molar-refractivity contribution in [3.63, 3.8) is 0 Å². The molecule has 1 aliphatic heterocycles. The van der Waals surface area contributed by atoms with Gasteiger partial charge >= 0.3 is 0 Å². The van der Waals surface area contributed by atoms with Crippen molar-refractivity contribution in [1.29, 1.82) is 0 Å². The number of aromatic nitrogens is 2. The van der Waals surface area contributed by atoms with Gasteiger partial charge in [-0.05, 0) is 49.6 Å². The lowest BCUT2D eigenvalue weighted by Crippen LogP contribution is -2.39. The SMILES string of the molecule is CC(=O)Nc1cc(-c2ccc(=O)n([C@H](C)C(=O)N3CCc4ccccc43)n2)ccc1C. The van der Waals surface area contributed by atoms with Crippen molar-refractivity contribution in [3.8, 4) is 11.3 Å². The summed E-state index contributed by atoms with van der Waals surface area (Å²) >= 11 is 0. The van der Waals surface area contributed by atoms with Crippen LogP contribution in [0.15, 0.2) is 59.4 Å². The number of benzene rings is 2. The average Bonchev–Trinajstić information content (AvgIpc) is 3.18. The zero-order chi connectivity index (χ0) is 22.1. The van der Waals surface area contributed by atoms with E-state index >= 15 is 0 Å². The molecule has 1 aliphatic rings. The standard InChI is InChI=1S/C24H24N4O3/c1-15-8-9-19(14-21(15)25-17(3)29)20-10-11-23(30)28(26-20)16(2)24(31)27-13-12-18-6-4-5-7-22(18)27/h4-11,14,16H,12-13H2,1-3H3,(H,25,29)/t16-/m1/s1. The molecule has 0 unspecified atom stereocenters. The summed E-state index contributed by atoms with van der Waals surface area (Å²) in [6.07, 6.45) is 0.798. The molecule has 4 rings (SSSR count). The molecule has 2 heterocycles. The highest BCUT2D eigenvalue weighted by Crippen LogP contribution is 2.29. The van der Waals surface area contributed by atoms with E-state index in [0.29, 0.717) is 17.9 Å². The van der Waals surface area contributed by atoms with Gasteiger partial charge in [0, 0.05) is 36.5 Å². The predicted octanol–water partition coefficient (Wildman–Crippen LogP) is 3.33.